The smallest absolute Gasteiger partial charge is 0.341 e. The second-order valence-electron chi connectivity index (χ2n) is 8.04. The molecule has 0 radical (unpaired) electrons. The van der Waals surface area contributed by atoms with Gasteiger partial charge in [0.1, 0.15) is 5.56 Å². The average molecular weight is 528 g/mol. The van der Waals surface area contributed by atoms with Gasteiger partial charge in [-0.2, -0.15) is 0 Å². The summed E-state index contributed by atoms with van der Waals surface area (Å²) >= 11 is 3.45. The Bertz CT molecular complexity index is 1610. The fourth-order valence-electron chi connectivity index (χ4n) is 4.40. The van der Waals surface area contributed by atoms with Gasteiger partial charge in [-0.3, -0.25) is 0 Å². The lowest BCUT2D eigenvalue weighted by Gasteiger charge is -2.17. The number of carbonyl (C=O) groups excluding carboxylic acids is 2. The number of aromatic nitrogens is 1. The van der Waals surface area contributed by atoms with E-state index >= 15 is 0 Å². The van der Waals surface area contributed by atoms with E-state index in [4.69, 9.17) is 14.5 Å². The van der Waals surface area contributed by atoms with Gasteiger partial charge in [-0.1, -0.05) is 58.4 Å². The largest absolute Gasteiger partial charge is 0.462 e. The number of hydrogen-bond donors (Lipinski definition) is 0. The Morgan fingerprint density at radius 2 is 1.40 bits per heavy atom. The number of rotatable bonds is 5. The third-order valence-electron chi connectivity index (χ3n) is 5.91. The Labute approximate surface area is 210 Å². The summed E-state index contributed by atoms with van der Waals surface area (Å²) in [6, 6.07) is 23.4. The minimum absolute atomic E-state index is 0.112. The van der Waals surface area contributed by atoms with Crippen molar-refractivity contribution in [2.24, 2.45) is 0 Å². The summed E-state index contributed by atoms with van der Waals surface area (Å²) in [7, 11) is 0. The van der Waals surface area contributed by atoms with Crippen molar-refractivity contribution in [2.45, 2.75) is 13.8 Å². The number of pyridine rings is 1. The lowest BCUT2D eigenvalue weighted by molar-refractivity contribution is 0.0481. The second-order valence-corrected chi connectivity index (χ2v) is 8.95. The van der Waals surface area contributed by atoms with Gasteiger partial charge in [0.25, 0.3) is 0 Å². The summed E-state index contributed by atoms with van der Waals surface area (Å²) in [4.78, 5) is 31.7. The van der Waals surface area contributed by atoms with Crippen molar-refractivity contribution in [3.63, 3.8) is 0 Å². The minimum atomic E-state index is -0.610. The summed E-state index contributed by atoms with van der Waals surface area (Å²) in [5, 5.41) is 4.45. The molecule has 6 heteroatoms. The summed E-state index contributed by atoms with van der Waals surface area (Å²) in [5.74, 6) is -1.19. The monoisotopic (exact) mass is 527 g/mol. The highest BCUT2D eigenvalue weighted by atomic mass is 79.9. The molecule has 0 bridgehead atoms. The molecule has 0 saturated carbocycles. The van der Waals surface area contributed by atoms with E-state index < -0.39 is 11.9 Å². The lowest BCUT2D eigenvalue weighted by Crippen LogP contribution is -2.17. The van der Waals surface area contributed by atoms with E-state index in [-0.39, 0.29) is 24.3 Å². The first-order valence-electron chi connectivity index (χ1n) is 11.4. The molecule has 4 aromatic carbocycles. The molecule has 0 N–H and O–H groups in total. The Hall–Kier alpha value is -3.77. The molecule has 0 aliphatic heterocycles. The van der Waals surface area contributed by atoms with Gasteiger partial charge in [-0.15, -0.1) is 0 Å². The van der Waals surface area contributed by atoms with E-state index in [0.717, 1.165) is 26.0 Å². The molecule has 1 heterocycles. The molecule has 174 valence electrons. The van der Waals surface area contributed by atoms with Crippen molar-refractivity contribution < 1.29 is 19.1 Å². The Balaban J connectivity index is 1.96. The molecule has 0 aliphatic carbocycles. The highest BCUT2D eigenvalue weighted by molar-refractivity contribution is 9.10. The molecule has 35 heavy (non-hydrogen) atoms. The lowest BCUT2D eigenvalue weighted by atomic mass is 9.92. The van der Waals surface area contributed by atoms with E-state index in [1.807, 2.05) is 66.7 Å². The molecule has 0 fully saturated rings. The predicted molar refractivity (Wildman–Crippen MR) is 142 cm³/mol. The van der Waals surface area contributed by atoms with Crippen molar-refractivity contribution >= 4 is 60.3 Å². The van der Waals surface area contributed by atoms with Gasteiger partial charge in [-0.05, 0) is 65.7 Å². The molecule has 0 aliphatic rings. The second kappa shape index (κ2) is 9.47. The highest BCUT2D eigenvalue weighted by Gasteiger charge is 2.29. The number of nitrogens with zero attached hydrogens (tertiary/aromatic N) is 1. The van der Waals surface area contributed by atoms with E-state index in [9.17, 15) is 9.59 Å². The van der Waals surface area contributed by atoms with E-state index in [2.05, 4.69) is 22.0 Å². The van der Waals surface area contributed by atoms with Crippen molar-refractivity contribution in [1.29, 1.82) is 0 Å². The van der Waals surface area contributed by atoms with Gasteiger partial charge in [0.15, 0.2) is 0 Å². The van der Waals surface area contributed by atoms with Crippen LogP contribution in [0.15, 0.2) is 77.3 Å². The van der Waals surface area contributed by atoms with Crippen LogP contribution in [-0.2, 0) is 9.47 Å². The Morgan fingerprint density at radius 1 is 0.771 bits per heavy atom. The molecule has 0 spiro atoms. The molecular formula is C29H22BrNO4. The number of carbonyl (C=O) groups is 2. The molecule has 0 atom stereocenters. The molecule has 1 aromatic heterocycles. The SMILES string of the molecule is CCOC(=O)c1c(-c2ccc(Br)cc2)nc2ccc3cc4ccccc4cc3c2c1C(=O)OCC. The number of ether oxygens (including phenoxy) is 2. The third kappa shape index (κ3) is 4.15. The van der Waals surface area contributed by atoms with Crippen LogP contribution in [-0.4, -0.2) is 30.1 Å². The van der Waals surface area contributed by atoms with Crippen LogP contribution in [0.25, 0.3) is 43.7 Å². The molecule has 0 saturated heterocycles. The van der Waals surface area contributed by atoms with Gasteiger partial charge in [0.2, 0.25) is 0 Å². The first-order valence-corrected chi connectivity index (χ1v) is 12.2. The van der Waals surface area contributed by atoms with E-state index in [0.29, 0.717) is 22.2 Å². The van der Waals surface area contributed by atoms with Crippen LogP contribution in [0.5, 0.6) is 0 Å². The Morgan fingerprint density at radius 3 is 2.06 bits per heavy atom. The summed E-state index contributed by atoms with van der Waals surface area (Å²) in [6.45, 7) is 3.81. The zero-order chi connectivity index (χ0) is 24.5. The molecule has 0 amide bonds. The number of hydrogen-bond acceptors (Lipinski definition) is 5. The zero-order valence-electron chi connectivity index (χ0n) is 19.3. The van der Waals surface area contributed by atoms with Gasteiger partial charge in [0, 0.05) is 15.4 Å². The van der Waals surface area contributed by atoms with Crippen LogP contribution < -0.4 is 0 Å². The van der Waals surface area contributed by atoms with Crippen molar-refractivity contribution in [1.82, 2.24) is 4.98 Å². The fraction of sp³-hybridized carbons (Fsp3) is 0.138. The van der Waals surface area contributed by atoms with E-state index in [1.165, 1.54) is 0 Å². The quantitative estimate of drug-likeness (QED) is 0.136. The standard InChI is InChI=1S/C29H22BrNO4/c1-3-34-28(32)25-24-22-16-19-8-6-5-7-18(19)15-20(22)11-14-23(24)31-27(26(25)29(33)35-4-2)17-9-12-21(30)13-10-17/h5-16H,3-4H2,1-2H3. The molecule has 5 aromatic rings. The van der Waals surface area contributed by atoms with Crippen LogP contribution in [0.2, 0.25) is 0 Å². The summed E-state index contributed by atoms with van der Waals surface area (Å²) < 4.78 is 11.8. The first-order chi connectivity index (χ1) is 17.0. The predicted octanol–water partition coefficient (Wildman–Crippen LogP) is 7.32. The van der Waals surface area contributed by atoms with Crippen molar-refractivity contribution in [3.8, 4) is 11.3 Å². The van der Waals surface area contributed by atoms with Gasteiger partial charge < -0.3 is 9.47 Å². The molecule has 5 nitrogen and oxygen atoms in total. The average Bonchev–Trinajstić information content (AvgIpc) is 2.87. The van der Waals surface area contributed by atoms with E-state index in [1.54, 1.807) is 13.8 Å². The van der Waals surface area contributed by atoms with Crippen molar-refractivity contribution in [2.75, 3.05) is 13.2 Å². The first kappa shape index (κ1) is 23.0. The van der Waals surface area contributed by atoms with Crippen LogP contribution in [0.4, 0.5) is 0 Å². The van der Waals surface area contributed by atoms with Crippen LogP contribution in [0.3, 0.4) is 0 Å². The number of benzene rings is 4. The maximum absolute atomic E-state index is 13.5. The maximum atomic E-state index is 13.5. The van der Waals surface area contributed by atoms with Crippen LogP contribution in [0.1, 0.15) is 34.6 Å². The maximum Gasteiger partial charge on any atom is 0.341 e. The number of halogens is 1. The Kier molecular flexibility index (Phi) is 6.22. The van der Waals surface area contributed by atoms with Crippen molar-refractivity contribution in [3.05, 3.63) is 88.4 Å². The van der Waals surface area contributed by atoms with Gasteiger partial charge >= 0.3 is 11.9 Å². The third-order valence-corrected chi connectivity index (χ3v) is 6.44. The topological polar surface area (TPSA) is 65.5 Å². The summed E-state index contributed by atoms with van der Waals surface area (Å²) in [5.41, 5.74) is 1.96. The fourth-order valence-corrected chi connectivity index (χ4v) is 4.67. The zero-order valence-corrected chi connectivity index (χ0v) is 20.9. The molecule has 0 unspecified atom stereocenters. The molecular weight excluding hydrogens is 506 g/mol. The normalized spacial score (nSPS) is 11.2. The summed E-state index contributed by atoms with van der Waals surface area (Å²) in [6.07, 6.45) is 0. The highest BCUT2D eigenvalue weighted by Crippen LogP contribution is 2.37. The van der Waals surface area contributed by atoms with Crippen LogP contribution >= 0.6 is 15.9 Å². The minimum Gasteiger partial charge on any atom is -0.462 e. The van der Waals surface area contributed by atoms with Gasteiger partial charge in [0.05, 0.1) is 30.0 Å². The number of esters is 2. The molecule has 5 rings (SSSR count). The number of fused-ring (bicyclic) bond motifs is 4. The van der Waals surface area contributed by atoms with Gasteiger partial charge in [-0.25, -0.2) is 14.6 Å². The van der Waals surface area contributed by atoms with Crippen LogP contribution in [0, 0.1) is 0 Å².